The number of morpholine rings is 1. The van der Waals surface area contributed by atoms with Crippen LogP contribution in [0.1, 0.15) is 28.4 Å². The summed E-state index contributed by atoms with van der Waals surface area (Å²) in [5.74, 6) is -0.522. The van der Waals surface area contributed by atoms with Crippen molar-refractivity contribution in [1.29, 1.82) is 0 Å². The first kappa shape index (κ1) is 20.3. The molecule has 2 aromatic carbocycles. The third kappa shape index (κ3) is 4.18. The molecule has 6 nitrogen and oxygen atoms in total. The Morgan fingerprint density at radius 3 is 2.72 bits per heavy atom. The molecule has 0 aromatic heterocycles. The molecule has 0 bridgehead atoms. The number of carbonyl (C=O) groups excluding carboxylic acids is 1. The highest BCUT2D eigenvalue weighted by Gasteiger charge is 2.29. The number of halogens is 1. The summed E-state index contributed by atoms with van der Waals surface area (Å²) >= 11 is 1.72. The van der Waals surface area contributed by atoms with Crippen molar-refractivity contribution in [2.75, 3.05) is 32.1 Å². The average Bonchev–Trinajstić information content (AvgIpc) is 2.75. The molecule has 2 heterocycles. The molecule has 1 atom stereocenters. The van der Waals surface area contributed by atoms with Crippen LogP contribution in [0.25, 0.3) is 0 Å². The first-order valence-corrected chi connectivity index (χ1v) is 11.8. The Kier molecular flexibility index (Phi) is 5.91. The van der Waals surface area contributed by atoms with Crippen molar-refractivity contribution in [2.45, 2.75) is 22.3 Å². The van der Waals surface area contributed by atoms with Crippen LogP contribution in [0.5, 0.6) is 0 Å². The molecule has 0 saturated carbocycles. The van der Waals surface area contributed by atoms with Gasteiger partial charge in [-0.05, 0) is 36.2 Å². The molecule has 0 radical (unpaired) electrons. The van der Waals surface area contributed by atoms with E-state index < -0.39 is 21.7 Å². The molecule has 0 spiro atoms. The minimum Gasteiger partial charge on any atom is -0.379 e. The van der Waals surface area contributed by atoms with Crippen molar-refractivity contribution in [3.05, 3.63) is 59.4 Å². The molecule has 2 aliphatic rings. The molecule has 154 valence electrons. The van der Waals surface area contributed by atoms with Crippen molar-refractivity contribution in [2.24, 2.45) is 0 Å². The number of thioether (sulfide) groups is 1. The molecule has 1 saturated heterocycles. The zero-order valence-electron chi connectivity index (χ0n) is 15.6. The van der Waals surface area contributed by atoms with Crippen molar-refractivity contribution in [3.8, 4) is 0 Å². The smallest absolute Gasteiger partial charge is 0.254 e. The highest BCUT2D eigenvalue weighted by atomic mass is 32.2. The van der Waals surface area contributed by atoms with Crippen LogP contribution < -0.4 is 5.32 Å². The largest absolute Gasteiger partial charge is 0.379 e. The minimum atomic E-state index is -3.81. The van der Waals surface area contributed by atoms with Gasteiger partial charge in [0.05, 0.1) is 29.7 Å². The maximum atomic E-state index is 14.4. The summed E-state index contributed by atoms with van der Waals surface area (Å²) in [6.45, 7) is 1.09. The van der Waals surface area contributed by atoms with E-state index in [1.165, 1.54) is 10.4 Å². The number of fused-ring (bicyclic) bond motifs is 1. The van der Waals surface area contributed by atoms with Crippen LogP contribution in [0.3, 0.4) is 0 Å². The maximum Gasteiger partial charge on any atom is 0.254 e. The molecule has 1 fully saturated rings. The number of ether oxygens (including phenoxy) is 1. The standard InChI is InChI=1S/C20H21FN2O4S2/c21-17-6-5-14(29(25,26)23-8-10-27-11-9-23)13-16(17)20(24)22-18-7-12-28-19-4-2-1-3-15(18)19/h1-6,13,18H,7-12H2,(H,22,24)/t18-/m1/s1. The molecule has 2 aliphatic heterocycles. The van der Waals surface area contributed by atoms with E-state index >= 15 is 0 Å². The van der Waals surface area contributed by atoms with E-state index in [4.69, 9.17) is 4.74 Å². The number of amides is 1. The fourth-order valence-corrected chi connectivity index (χ4v) is 6.06. The van der Waals surface area contributed by atoms with Gasteiger partial charge in [-0.15, -0.1) is 11.8 Å². The molecule has 2 aromatic rings. The summed E-state index contributed by atoms with van der Waals surface area (Å²) in [7, 11) is -3.81. The van der Waals surface area contributed by atoms with Crippen molar-refractivity contribution in [1.82, 2.24) is 9.62 Å². The Bertz CT molecular complexity index is 1020. The fraction of sp³-hybridized carbons (Fsp3) is 0.350. The van der Waals surface area contributed by atoms with Crippen molar-refractivity contribution in [3.63, 3.8) is 0 Å². The average molecular weight is 437 g/mol. The number of rotatable bonds is 4. The maximum absolute atomic E-state index is 14.4. The summed E-state index contributed by atoms with van der Waals surface area (Å²) < 4.78 is 46.6. The first-order chi connectivity index (χ1) is 14.0. The Balaban J connectivity index is 1.59. The number of benzene rings is 2. The van der Waals surface area contributed by atoms with Gasteiger partial charge in [0, 0.05) is 23.7 Å². The van der Waals surface area contributed by atoms with Crippen molar-refractivity contribution >= 4 is 27.7 Å². The second-order valence-corrected chi connectivity index (χ2v) is 9.93. The van der Waals surface area contributed by atoms with E-state index in [2.05, 4.69) is 5.32 Å². The van der Waals surface area contributed by atoms with E-state index in [1.54, 1.807) is 11.8 Å². The van der Waals surface area contributed by atoms with Crippen LogP contribution >= 0.6 is 11.8 Å². The first-order valence-electron chi connectivity index (χ1n) is 9.37. The molecular formula is C20H21FN2O4S2. The van der Waals surface area contributed by atoms with E-state index in [0.29, 0.717) is 13.2 Å². The highest BCUT2D eigenvalue weighted by Crippen LogP contribution is 2.36. The van der Waals surface area contributed by atoms with E-state index in [9.17, 15) is 17.6 Å². The molecule has 0 unspecified atom stereocenters. The predicted molar refractivity (Wildman–Crippen MR) is 108 cm³/mol. The van der Waals surface area contributed by atoms with Gasteiger partial charge < -0.3 is 10.1 Å². The Morgan fingerprint density at radius 1 is 1.17 bits per heavy atom. The van der Waals surface area contributed by atoms with Crippen LogP contribution in [0, 0.1) is 5.82 Å². The number of hydrogen-bond acceptors (Lipinski definition) is 5. The predicted octanol–water partition coefficient (Wildman–Crippen LogP) is 2.81. The molecule has 0 aliphatic carbocycles. The summed E-state index contributed by atoms with van der Waals surface area (Å²) in [6, 6.07) is 10.9. The molecule has 9 heteroatoms. The number of hydrogen-bond donors (Lipinski definition) is 1. The zero-order chi connectivity index (χ0) is 20.4. The second-order valence-electron chi connectivity index (χ2n) is 6.86. The van der Waals surface area contributed by atoms with Gasteiger partial charge >= 0.3 is 0 Å². The Hall–Kier alpha value is -1.94. The fourth-order valence-electron chi connectivity index (χ4n) is 3.50. The normalized spacial score (nSPS) is 20.1. The zero-order valence-corrected chi connectivity index (χ0v) is 17.3. The molecule has 1 N–H and O–H groups in total. The van der Waals surface area contributed by atoms with Gasteiger partial charge in [-0.3, -0.25) is 4.79 Å². The van der Waals surface area contributed by atoms with E-state index in [-0.39, 0.29) is 29.6 Å². The molecule has 4 rings (SSSR count). The summed E-state index contributed by atoms with van der Waals surface area (Å²) in [5.41, 5.74) is 0.727. The SMILES string of the molecule is O=C(N[C@@H]1CCSc2ccccc21)c1cc(S(=O)(=O)N2CCOCC2)ccc1F. The van der Waals surface area contributed by atoms with E-state index in [1.807, 2.05) is 24.3 Å². The molecule has 1 amide bonds. The lowest BCUT2D eigenvalue weighted by atomic mass is 10.0. The minimum absolute atomic E-state index is 0.0921. The van der Waals surface area contributed by atoms with Crippen LogP contribution in [0.2, 0.25) is 0 Å². The number of nitrogens with one attached hydrogen (secondary N) is 1. The van der Waals surface area contributed by atoms with Gasteiger partial charge in [0.2, 0.25) is 10.0 Å². The van der Waals surface area contributed by atoms with Crippen LogP contribution in [-0.4, -0.2) is 50.7 Å². The molecule has 29 heavy (non-hydrogen) atoms. The Labute approximate surface area is 173 Å². The lowest BCUT2D eigenvalue weighted by Gasteiger charge is -2.27. The Morgan fingerprint density at radius 2 is 1.93 bits per heavy atom. The third-order valence-electron chi connectivity index (χ3n) is 5.05. The van der Waals surface area contributed by atoms with Crippen molar-refractivity contribution < 1.29 is 22.3 Å². The molecular weight excluding hydrogens is 415 g/mol. The lowest BCUT2D eigenvalue weighted by molar-refractivity contribution is 0.0730. The summed E-state index contributed by atoms with van der Waals surface area (Å²) in [4.78, 5) is 13.8. The van der Waals surface area contributed by atoms with Gasteiger partial charge in [-0.25, -0.2) is 12.8 Å². The third-order valence-corrected chi connectivity index (χ3v) is 8.07. The topological polar surface area (TPSA) is 75.7 Å². The second kappa shape index (κ2) is 8.43. The number of nitrogens with zero attached hydrogens (tertiary/aromatic N) is 1. The van der Waals surface area contributed by atoms with E-state index in [0.717, 1.165) is 34.8 Å². The van der Waals surface area contributed by atoms with Gasteiger partial charge in [-0.2, -0.15) is 4.31 Å². The summed E-state index contributed by atoms with van der Waals surface area (Å²) in [6.07, 6.45) is 0.723. The van der Waals surface area contributed by atoms with Crippen LogP contribution in [0.4, 0.5) is 4.39 Å². The van der Waals surface area contributed by atoms with Gasteiger partial charge in [0.25, 0.3) is 5.91 Å². The van der Waals surface area contributed by atoms with Gasteiger partial charge in [-0.1, -0.05) is 18.2 Å². The lowest BCUT2D eigenvalue weighted by Crippen LogP contribution is -2.40. The monoisotopic (exact) mass is 436 g/mol. The van der Waals surface area contributed by atoms with Gasteiger partial charge in [0.1, 0.15) is 5.82 Å². The van der Waals surface area contributed by atoms with Gasteiger partial charge in [0.15, 0.2) is 0 Å². The highest BCUT2D eigenvalue weighted by molar-refractivity contribution is 7.99. The van der Waals surface area contributed by atoms with Crippen LogP contribution in [-0.2, 0) is 14.8 Å². The number of sulfonamides is 1. The quantitative estimate of drug-likeness (QED) is 0.798. The summed E-state index contributed by atoms with van der Waals surface area (Å²) in [5, 5.41) is 2.87. The van der Waals surface area contributed by atoms with Crippen LogP contribution in [0.15, 0.2) is 52.3 Å². The number of carbonyl (C=O) groups is 1.